The van der Waals surface area contributed by atoms with Crippen molar-refractivity contribution in [3.05, 3.63) is 44.4 Å². The summed E-state index contributed by atoms with van der Waals surface area (Å²) in [6.45, 7) is 0. The Balaban J connectivity index is 1.90. The Bertz CT molecular complexity index is 1160. The molecule has 2 atom stereocenters. The summed E-state index contributed by atoms with van der Waals surface area (Å²) < 4.78 is 56.5. The summed E-state index contributed by atoms with van der Waals surface area (Å²) >= 11 is 23.4. The molecule has 1 aliphatic carbocycles. The van der Waals surface area contributed by atoms with Crippen molar-refractivity contribution in [2.75, 3.05) is 0 Å². The number of nitrogens with one attached hydrogen (secondary N) is 2. The lowest BCUT2D eigenvalue weighted by Crippen LogP contribution is -2.53. The lowest BCUT2D eigenvalue weighted by molar-refractivity contribution is 0.339. The Morgan fingerprint density at radius 1 is 0.688 bits per heavy atom. The molecule has 0 aliphatic heterocycles. The van der Waals surface area contributed by atoms with E-state index in [0.717, 1.165) is 12.1 Å². The molecule has 8 nitrogen and oxygen atoms in total. The zero-order chi connectivity index (χ0) is 23.8. The van der Waals surface area contributed by atoms with Gasteiger partial charge in [-0.2, -0.15) is 0 Å². The predicted molar refractivity (Wildman–Crippen MR) is 123 cm³/mol. The fourth-order valence-corrected chi connectivity index (χ4v) is 7.57. The summed E-state index contributed by atoms with van der Waals surface area (Å²) in [7, 11) is -8.61. The van der Waals surface area contributed by atoms with Gasteiger partial charge in [-0.15, -0.1) is 0 Å². The van der Waals surface area contributed by atoms with Gasteiger partial charge >= 0.3 is 0 Å². The maximum atomic E-state index is 12.9. The van der Waals surface area contributed by atoms with Crippen LogP contribution in [-0.2, 0) is 20.0 Å². The van der Waals surface area contributed by atoms with Gasteiger partial charge < -0.3 is 10.2 Å². The fraction of sp³-hybridized carbons (Fsp3) is 0.333. The van der Waals surface area contributed by atoms with Gasteiger partial charge in [0, 0.05) is 22.1 Å². The van der Waals surface area contributed by atoms with Gasteiger partial charge in [0.25, 0.3) is 0 Å². The lowest BCUT2D eigenvalue weighted by Gasteiger charge is -2.32. The second kappa shape index (κ2) is 9.71. The molecule has 4 N–H and O–H groups in total. The first-order valence-corrected chi connectivity index (χ1v) is 13.7. The molecule has 0 aromatic heterocycles. The number of sulfonamides is 2. The van der Waals surface area contributed by atoms with E-state index in [1.54, 1.807) is 0 Å². The molecule has 0 heterocycles. The number of halogens is 4. The minimum atomic E-state index is -4.31. The first-order valence-electron chi connectivity index (χ1n) is 9.22. The summed E-state index contributed by atoms with van der Waals surface area (Å²) in [5.41, 5.74) is 0. The van der Waals surface area contributed by atoms with E-state index < -0.39 is 53.4 Å². The van der Waals surface area contributed by atoms with Crippen LogP contribution in [0.1, 0.15) is 25.7 Å². The van der Waals surface area contributed by atoms with Gasteiger partial charge in [0.1, 0.15) is 9.79 Å². The van der Waals surface area contributed by atoms with Crippen LogP contribution in [0, 0.1) is 0 Å². The second-order valence-electron chi connectivity index (χ2n) is 7.21. The Kier molecular flexibility index (Phi) is 7.78. The average molecular weight is 564 g/mol. The third-order valence-electron chi connectivity index (χ3n) is 4.94. The zero-order valence-electron chi connectivity index (χ0n) is 16.1. The van der Waals surface area contributed by atoms with Crippen molar-refractivity contribution < 1.29 is 27.0 Å². The maximum Gasteiger partial charge on any atom is 0.244 e. The molecule has 2 aromatic rings. The van der Waals surface area contributed by atoms with Crippen LogP contribution in [0.5, 0.6) is 11.5 Å². The number of phenols is 2. The molecule has 0 saturated heterocycles. The van der Waals surface area contributed by atoms with Gasteiger partial charge in [0.15, 0.2) is 11.5 Å². The van der Waals surface area contributed by atoms with Crippen molar-refractivity contribution >= 4 is 66.5 Å². The van der Waals surface area contributed by atoms with Crippen LogP contribution in [0.3, 0.4) is 0 Å². The summed E-state index contributed by atoms with van der Waals surface area (Å²) in [5, 5.41) is 19.7. The van der Waals surface area contributed by atoms with Crippen molar-refractivity contribution in [2.24, 2.45) is 0 Å². The Morgan fingerprint density at radius 2 is 1.03 bits per heavy atom. The average Bonchev–Trinajstić information content (AvgIpc) is 2.68. The second-order valence-corrected chi connectivity index (χ2v) is 12.3. The van der Waals surface area contributed by atoms with E-state index in [4.69, 9.17) is 46.4 Å². The van der Waals surface area contributed by atoms with Crippen LogP contribution in [0.4, 0.5) is 0 Å². The summed E-state index contributed by atoms with van der Waals surface area (Å²) in [6, 6.07) is 2.77. The highest BCUT2D eigenvalue weighted by Crippen LogP contribution is 2.36. The highest BCUT2D eigenvalue weighted by Gasteiger charge is 2.35. The largest absolute Gasteiger partial charge is 0.505 e. The number of benzene rings is 2. The topological polar surface area (TPSA) is 133 Å². The van der Waals surface area contributed by atoms with Crippen molar-refractivity contribution in [3.8, 4) is 11.5 Å². The van der Waals surface area contributed by atoms with Crippen LogP contribution in [0.15, 0.2) is 34.1 Å². The normalized spacial score (nSPS) is 19.8. The maximum absolute atomic E-state index is 12.9. The van der Waals surface area contributed by atoms with Gasteiger partial charge in [0.2, 0.25) is 20.0 Å². The van der Waals surface area contributed by atoms with Crippen LogP contribution in [0.2, 0.25) is 20.1 Å². The van der Waals surface area contributed by atoms with Crippen molar-refractivity contribution in [3.63, 3.8) is 0 Å². The predicted octanol–water partition coefficient (Wildman–Crippen LogP) is 4.28. The minimum absolute atomic E-state index is 0.00221. The van der Waals surface area contributed by atoms with Gasteiger partial charge in [-0.3, -0.25) is 0 Å². The van der Waals surface area contributed by atoms with E-state index in [1.807, 2.05) is 0 Å². The molecule has 0 amide bonds. The van der Waals surface area contributed by atoms with E-state index in [0.29, 0.717) is 25.7 Å². The molecule has 0 radical (unpaired) electrons. The molecular formula is C18H18Cl4N2O6S2. The van der Waals surface area contributed by atoms with Gasteiger partial charge in [0.05, 0.1) is 10.0 Å². The molecule has 14 heteroatoms. The van der Waals surface area contributed by atoms with Crippen LogP contribution < -0.4 is 9.44 Å². The zero-order valence-corrected chi connectivity index (χ0v) is 20.8. The third kappa shape index (κ3) is 5.56. The van der Waals surface area contributed by atoms with Gasteiger partial charge in [-0.05, 0) is 37.1 Å². The Hall–Kier alpha value is -0.980. The third-order valence-corrected chi connectivity index (χ3v) is 8.96. The molecule has 1 aliphatic rings. The molecule has 0 unspecified atom stereocenters. The van der Waals surface area contributed by atoms with Crippen LogP contribution in [-0.4, -0.2) is 39.1 Å². The summed E-state index contributed by atoms with van der Waals surface area (Å²) in [4.78, 5) is -1.05. The SMILES string of the molecule is O=S(=O)(N[C@H]1CCCC[C@@H]1NS(=O)(=O)c1cc(Cl)cc(Cl)c1O)c1cc(Cl)cc(Cl)c1O. The van der Waals surface area contributed by atoms with E-state index >= 15 is 0 Å². The lowest BCUT2D eigenvalue weighted by atomic mass is 9.92. The molecule has 3 rings (SSSR count). The smallest absolute Gasteiger partial charge is 0.244 e. The Labute approximate surface area is 205 Å². The highest BCUT2D eigenvalue weighted by molar-refractivity contribution is 7.90. The molecule has 1 saturated carbocycles. The van der Waals surface area contributed by atoms with Gasteiger partial charge in [-0.1, -0.05) is 59.2 Å². The molecule has 0 spiro atoms. The van der Waals surface area contributed by atoms with Crippen molar-refractivity contribution in [1.29, 1.82) is 0 Å². The number of hydrogen-bond donors (Lipinski definition) is 4. The van der Waals surface area contributed by atoms with E-state index in [1.165, 1.54) is 12.1 Å². The van der Waals surface area contributed by atoms with Crippen LogP contribution >= 0.6 is 46.4 Å². The van der Waals surface area contributed by atoms with E-state index in [2.05, 4.69) is 9.44 Å². The summed E-state index contributed by atoms with van der Waals surface area (Å²) in [5.74, 6) is -1.34. The standard InChI is InChI=1S/C18H18Cl4N2O6S2/c19-9-5-11(21)17(25)15(7-9)31(27,28)23-13-3-1-2-4-14(13)24-32(29,30)16-8-10(20)6-12(22)18(16)26/h5-8,13-14,23-26H,1-4H2/t13-,14-/m0/s1. The molecular weight excluding hydrogens is 546 g/mol. The first-order chi connectivity index (χ1) is 14.8. The molecule has 32 heavy (non-hydrogen) atoms. The van der Waals surface area contributed by atoms with Crippen molar-refractivity contribution in [1.82, 2.24) is 9.44 Å². The monoisotopic (exact) mass is 562 g/mol. The molecule has 1 fully saturated rings. The highest BCUT2D eigenvalue weighted by atomic mass is 35.5. The summed E-state index contributed by atoms with van der Waals surface area (Å²) in [6.07, 6.45) is 1.93. The Morgan fingerprint density at radius 3 is 1.38 bits per heavy atom. The number of phenolic OH excluding ortho intramolecular Hbond substituents is 2. The molecule has 176 valence electrons. The fourth-order valence-electron chi connectivity index (χ4n) is 3.43. The van der Waals surface area contributed by atoms with E-state index in [9.17, 15) is 27.0 Å². The molecule has 2 aromatic carbocycles. The number of hydrogen-bond acceptors (Lipinski definition) is 6. The minimum Gasteiger partial charge on any atom is -0.505 e. The number of rotatable bonds is 6. The van der Waals surface area contributed by atoms with Gasteiger partial charge in [-0.25, -0.2) is 26.3 Å². The molecule has 0 bridgehead atoms. The number of aromatic hydroxyl groups is 2. The van der Waals surface area contributed by atoms with E-state index in [-0.39, 0.29) is 20.1 Å². The van der Waals surface area contributed by atoms with Crippen molar-refractivity contribution in [2.45, 2.75) is 47.6 Å². The first kappa shape index (κ1) is 25.6. The van der Waals surface area contributed by atoms with Crippen LogP contribution in [0.25, 0.3) is 0 Å². The quantitative estimate of drug-likeness (QED) is 0.414.